The number of hydrogen-bond acceptors (Lipinski definition) is 4. The molecule has 0 bridgehead atoms. The number of nitrogens with zero attached hydrogens (tertiary/aromatic N) is 3. The van der Waals surface area contributed by atoms with Gasteiger partial charge >= 0.3 is 0 Å². The Morgan fingerprint density at radius 1 is 1.25 bits per heavy atom. The molecule has 1 aliphatic rings. The number of benzene rings is 1. The molecule has 5 nitrogen and oxygen atoms in total. The maximum absolute atomic E-state index is 9.48. The molecule has 0 saturated carbocycles. The Balaban J connectivity index is 1.81. The van der Waals surface area contributed by atoms with Crippen molar-refractivity contribution in [2.24, 2.45) is 0 Å². The molecule has 3 rings (SSSR count). The molecule has 108 valence electrons. The van der Waals surface area contributed by atoms with Crippen molar-refractivity contribution >= 4 is 22.6 Å². The Morgan fingerprint density at radius 3 is 2.80 bits per heavy atom. The van der Waals surface area contributed by atoms with Crippen molar-refractivity contribution in [3.63, 3.8) is 0 Å². The van der Waals surface area contributed by atoms with E-state index in [0.717, 1.165) is 50.4 Å². The summed E-state index contributed by atoms with van der Waals surface area (Å²) < 4.78 is 7.42. The highest BCUT2D eigenvalue weighted by atomic mass is 35.5. The third-order valence-corrected chi connectivity index (χ3v) is 3.91. The number of morpholine rings is 1. The minimum absolute atomic E-state index is 0.0601. The van der Waals surface area contributed by atoms with E-state index in [1.807, 2.05) is 18.2 Å². The first-order valence-corrected chi connectivity index (χ1v) is 7.21. The first-order chi connectivity index (χ1) is 9.78. The van der Waals surface area contributed by atoms with Gasteiger partial charge in [0, 0.05) is 31.2 Å². The smallest absolute Gasteiger partial charge is 0.135 e. The van der Waals surface area contributed by atoms with Crippen LogP contribution in [0.4, 0.5) is 0 Å². The topological polar surface area (TPSA) is 50.5 Å². The van der Waals surface area contributed by atoms with Crippen LogP contribution >= 0.6 is 11.6 Å². The van der Waals surface area contributed by atoms with E-state index in [1.54, 1.807) is 0 Å². The van der Waals surface area contributed by atoms with Crippen LogP contribution in [0.5, 0.6) is 0 Å². The number of rotatable bonds is 4. The van der Waals surface area contributed by atoms with Gasteiger partial charge in [0.1, 0.15) is 12.4 Å². The molecule has 20 heavy (non-hydrogen) atoms. The van der Waals surface area contributed by atoms with Crippen molar-refractivity contribution in [1.29, 1.82) is 0 Å². The summed E-state index contributed by atoms with van der Waals surface area (Å²) in [4.78, 5) is 6.81. The molecule has 1 fully saturated rings. The molecule has 1 saturated heterocycles. The molecule has 1 N–H and O–H groups in total. The lowest BCUT2D eigenvalue weighted by molar-refractivity contribution is 0.0363. The third kappa shape index (κ3) is 2.81. The van der Waals surface area contributed by atoms with Crippen LogP contribution in [0.15, 0.2) is 18.2 Å². The first kappa shape index (κ1) is 13.8. The molecule has 0 spiro atoms. The predicted octanol–water partition coefficient (Wildman–Crippen LogP) is 1.51. The van der Waals surface area contributed by atoms with Crippen LogP contribution in [0.3, 0.4) is 0 Å². The lowest BCUT2D eigenvalue weighted by Gasteiger charge is -2.26. The van der Waals surface area contributed by atoms with E-state index in [9.17, 15) is 5.11 Å². The number of aromatic nitrogens is 2. The van der Waals surface area contributed by atoms with Gasteiger partial charge in [-0.3, -0.25) is 4.90 Å². The monoisotopic (exact) mass is 295 g/mol. The number of fused-ring (bicyclic) bond motifs is 1. The second-order valence-electron chi connectivity index (χ2n) is 4.92. The van der Waals surface area contributed by atoms with E-state index >= 15 is 0 Å². The minimum atomic E-state index is -0.0601. The highest BCUT2D eigenvalue weighted by molar-refractivity contribution is 6.31. The fourth-order valence-corrected chi connectivity index (χ4v) is 2.76. The van der Waals surface area contributed by atoms with E-state index in [2.05, 4.69) is 14.5 Å². The van der Waals surface area contributed by atoms with E-state index in [4.69, 9.17) is 16.3 Å². The van der Waals surface area contributed by atoms with Gasteiger partial charge in [-0.25, -0.2) is 4.98 Å². The second-order valence-corrected chi connectivity index (χ2v) is 5.36. The highest BCUT2D eigenvalue weighted by Crippen LogP contribution is 2.20. The largest absolute Gasteiger partial charge is 0.388 e. The summed E-state index contributed by atoms with van der Waals surface area (Å²) in [6.07, 6.45) is 0. The summed E-state index contributed by atoms with van der Waals surface area (Å²) in [5.74, 6) is 0.690. The van der Waals surface area contributed by atoms with Crippen LogP contribution in [0.25, 0.3) is 11.0 Å². The van der Waals surface area contributed by atoms with E-state index < -0.39 is 0 Å². The van der Waals surface area contributed by atoms with Gasteiger partial charge < -0.3 is 14.4 Å². The summed E-state index contributed by atoms with van der Waals surface area (Å²) in [6, 6.07) is 5.66. The molecule has 1 aromatic carbocycles. The molecular weight excluding hydrogens is 278 g/mol. The van der Waals surface area contributed by atoms with Gasteiger partial charge in [0.15, 0.2) is 0 Å². The van der Waals surface area contributed by atoms with Crippen LogP contribution in [0, 0.1) is 0 Å². The van der Waals surface area contributed by atoms with Crippen molar-refractivity contribution < 1.29 is 9.84 Å². The second kappa shape index (κ2) is 6.10. The summed E-state index contributed by atoms with van der Waals surface area (Å²) >= 11 is 5.99. The van der Waals surface area contributed by atoms with Gasteiger partial charge in [0.2, 0.25) is 0 Å². The van der Waals surface area contributed by atoms with Crippen molar-refractivity contribution in [3.05, 3.63) is 29.0 Å². The molecule has 0 unspecified atom stereocenters. The number of aliphatic hydroxyl groups excluding tert-OH is 1. The zero-order valence-electron chi connectivity index (χ0n) is 11.3. The molecule has 1 aliphatic heterocycles. The van der Waals surface area contributed by atoms with Crippen molar-refractivity contribution in [1.82, 2.24) is 14.5 Å². The Bertz CT molecular complexity index is 593. The molecule has 1 aromatic heterocycles. The number of imidazole rings is 1. The molecule has 6 heteroatoms. The van der Waals surface area contributed by atoms with Gasteiger partial charge in [-0.05, 0) is 18.2 Å². The Hall–Kier alpha value is -1.14. The molecule has 0 radical (unpaired) electrons. The molecular formula is C14H18ClN3O2. The quantitative estimate of drug-likeness (QED) is 0.929. The van der Waals surface area contributed by atoms with Gasteiger partial charge in [-0.1, -0.05) is 11.6 Å². The zero-order valence-corrected chi connectivity index (χ0v) is 12.0. The number of halogens is 1. The van der Waals surface area contributed by atoms with E-state index in [1.165, 1.54) is 0 Å². The molecule has 2 heterocycles. The average Bonchev–Trinajstić information content (AvgIpc) is 2.83. The number of ether oxygens (including phenoxy) is 1. The summed E-state index contributed by atoms with van der Waals surface area (Å²) in [7, 11) is 0. The highest BCUT2D eigenvalue weighted by Gasteiger charge is 2.14. The molecule has 0 aliphatic carbocycles. The lowest BCUT2D eigenvalue weighted by atomic mass is 10.3. The third-order valence-electron chi connectivity index (χ3n) is 3.67. The van der Waals surface area contributed by atoms with Crippen LogP contribution in [-0.2, 0) is 17.9 Å². The Kier molecular flexibility index (Phi) is 4.21. The molecule has 2 aromatic rings. The van der Waals surface area contributed by atoms with Gasteiger partial charge in [0.25, 0.3) is 0 Å². The fourth-order valence-electron chi connectivity index (χ4n) is 2.59. The van der Waals surface area contributed by atoms with Gasteiger partial charge in [-0.15, -0.1) is 0 Å². The predicted molar refractivity (Wildman–Crippen MR) is 77.9 cm³/mol. The Morgan fingerprint density at radius 2 is 2.05 bits per heavy atom. The molecule has 0 atom stereocenters. The van der Waals surface area contributed by atoms with Crippen molar-refractivity contribution in [3.8, 4) is 0 Å². The van der Waals surface area contributed by atoms with Gasteiger partial charge in [-0.2, -0.15) is 0 Å². The maximum Gasteiger partial charge on any atom is 0.135 e. The normalized spacial score (nSPS) is 16.9. The van der Waals surface area contributed by atoms with Gasteiger partial charge in [0.05, 0.1) is 24.2 Å². The minimum Gasteiger partial charge on any atom is -0.388 e. The summed E-state index contributed by atoms with van der Waals surface area (Å²) in [5.41, 5.74) is 1.86. The lowest BCUT2D eigenvalue weighted by Crippen LogP contribution is -2.38. The standard InChI is InChI=1S/C14H18ClN3O2/c15-11-1-2-13-12(9-11)16-14(10-19)18(13)4-3-17-5-7-20-8-6-17/h1-2,9,19H,3-8,10H2. The number of hydrogen-bond donors (Lipinski definition) is 1. The summed E-state index contributed by atoms with van der Waals surface area (Å²) in [5, 5.41) is 10.1. The SMILES string of the molecule is OCc1nc2cc(Cl)ccc2n1CCN1CCOCC1. The zero-order chi connectivity index (χ0) is 13.9. The fraction of sp³-hybridized carbons (Fsp3) is 0.500. The first-order valence-electron chi connectivity index (χ1n) is 6.83. The number of aliphatic hydroxyl groups is 1. The maximum atomic E-state index is 9.48. The van der Waals surface area contributed by atoms with Crippen LogP contribution in [-0.4, -0.2) is 52.4 Å². The summed E-state index contributed by atoms with van der Waals surface area (Å²) in [6.45, 7) is 5.22. The van der Waals surface area contributed by atoms with Crippen molar-refractivity contribution in [2.45, 2.75) is 13.2 Å². The van der Waals surface area contributed by atoms with Crippen LogP contribution < -0.4 is 0 Å². The van der Waals surface area contributed by atoms with Crippen molar-refractivity contribution in [2.75, 3.05) is 32.8 Å². The van der Waals surface area contributed by atoms with Crippen LogP contribution in [0.1, 0.15) is 5.82 Å². The Labute approximate surface area is 122 Å². The van der Waals surface area contributed by atoms with E-state index in [0.29, 0.717) is 10.8 Å². The molecule has 0 amide bonds. The van der Waals surface area contributed by atoms with E-state index in [-0.39, 0.29) is 6.61 Å². The van der Waals surface area contributed by atoms with Crippen LogP contribution in [0.2, 0.25) is 5.02 Å². The average molecular weight is 296 g/mol.